The van der Waals surface area contributed by atoms with E-state index in [1.165, 1.54) is 56.5 Å². The van der Waals surface area contributed by atoms with E-state index in [-0.39, 0.29) is 5.69 Å². The second kappa shape index (κ2) is 5.21. The summed E-state index contributed by atoms with van der Waals surface area (Å²) in [5.41, 5.74) is 0.820. The van der Waals surface area contributed by atoms with E-state index in [2.05, 4.69) is 9.88 Å². The Morgan fingerprint density at radius 3 is 2.74 bits per heavy atom. The van der Waals surface area contributed by atoms with Crippen LogP contribution in [0.2, 0.25) is 0 Å². The van der Waals surface area contributed by atoms with Crippen LogP contribution in [0.15, 0.2) is 5.38 Å². The fourth-order valence-electron chi connectivity index (χ4n) is 3.46. The van der Waals surface area contributed by atoms with Crippen LogP contribution in [0.3, 0.4) is 0 Å². The summed E-state index contributed by atoms with van der Waals surface area (Å²) in [6.07, 6.45) is 7.92. The van der Waals surface area contributed by atoms with E-state index < -0.39 is 5.97 Å². The molecule has 0 atom stereocenters. The van der Waals surface area contributed by atoms with Crippen molar-refractivity contribution in [2.24, 2.45) is 5.41 Å². The number of carbonyl (C=O) groups is 1. The molecule has 2 heterocycles. The predicted octanol–water partition coefficient (Wildman–Crippen LogP) is 2.65. The van der Waals surface area contributed by atoms with Gasteiger partial charge in [0.2, 0.25) is 0 Å². The van der Waals surface area contributed by atoms with Gasteiger partial charge in [-0.3, -0.25) is 0 Å². The Morgan fingerprint density at radius 2 is 2.11 bits per heavy atom. The Labute approximate surface area is 117 Å². The summed E-state index contributed by atoms with van der Waals surface area (Å²) < 4.78 is 0. The number of hydrogen-bond acceptors (Lipinski definition) is 4. The van der Waals surface area contributed by atoms with Crippen molar-refractivity contribution in [2.75, 3.05) is 19.6 Å². The molecule has 0 radical (unpaired) electrons. The Morgan fingerprint density at radius 1 is 1.37 bits per heavy atom. The molecule has 0 bridgehead atoms. The van der Waals surface area contributed by atoms with Crippen LogP contribution in [0.25, 0.3) is 0 Å². The highest BCUT2D eigenvalue weighted by Gasteiger charge is 2.42. The third kappa shape index (κ3) is 2.82. The van der Waals surface area contributed by atoms with Gasteiger partial charge in [0, 0.05) is 31.4 Å². The van der Waals surface area contributed by atoms with Crippen LogP contribution >= 0.6 is 11.3 Å². The van der Waals surface area contributed by atoms with Crippen molar-refractivity contribution < 1.29 is 9.90 Å². The molecule has 1 saturated heterocycles. The number of likely N-dealkylation sites (tertiary alicyclic amines) is 1. The summed E-state index contributed by atoms with van der Waals surface area (Å²) >= 11 is 1.46. The smallest absolute Gasteiger partial charge is 0.355 e. The van der Waals surface area contributed by atoms with Crippen molar-refractivity contribution in [3.05, 3.63) is 16.1 Å². The lowest BCUT2D eigenvalue weighted by atomic mass is 9.68. The van der Waals surface area contributed by atoms with E-state index in [1.807, 2.05) is 0 Å². The normalized spacial score (nSPS) is 22.3. The minimum absolute atomic E-state index is 0.187. The molecule has 1 aliphatic carbocycles. The van der Waals surface area contributed by atoms with E-state index >= 15 is 0 Å². The van der Waals surface area contributed by atoms with E-state index in [9.17, 15) is 4.79 Å². The molecular weight excluding hydrogens is 260 g/mol. The number of aromatic carboxylic acids is 1. The molecule has 104 valence electrons. The van der Waals surface area contributed by atoms with Gasteiger partial charge in [-0.15, -0.1) is 11.3 Å². The highest BCUT2D eigenvalue weighted by molar-refractivity contribution is 7.09. The minimum Gasteiger partial charge on any atom is -0.476 e. The highest BCUT2D eigenvalue weighted by Crippen LogP contribution is 2.43. The van der Waals surface area contributed by atoms with Crippen LogP contribution in [0.5, 0.6) is 0 Å². The molecule has 0 unspecified atom stereocenters. The van der Waals surface area contributed by atoms with Crippen molar-refractivity contribution in [3.63, 3.8) is 0 Å². The number of aromatic nitrogens is 1. The Balaban J connectivity index is 1.45. The first kappa shape index (κ1) is 13.1. The molecule has 19 heavy (non-hydrogen) atoms. The topological polar surface area (TPSA) is 53.4 Å². The number of rotatable bonds is 4. The lowest BCUT2D eigenvalue weighted by molar-refractivity contribution is -0.0268. The van der Waals surface area contributed by atoms with E-state index in [0.29, 0.717) is 5.41 Å². The van der Waals surface area contributed by atoms with E-state index in [4.69, 9.17) is 5.11 Å². The third-order valence-corrected chi connectivity index (χ3v) is 5.35. The Kier molecular flexibility index (Phi) is 3.58. The molecule has 1 aromatic rings. The van der Waals surface area contributed by atoms with Crippen molar-refractivity contribution in [1.29, 1.82) is 0 Å². The minimum atomic E-state index is -0.924. The van der Waals surface area contributed by atoms with Crippen molar-refractivity contribution in [1.82, 2.24) is 9.88 Å². The van der Waals surface area contributed by atoms with E-state index in [0.717, 1.165) is 18.0 Å². The first-order valence-electron chi connectivity index (χ1n) is 7.07. The molecule has 1 aliphatic heterocycles. The quantitative estimate of drug-likeness (QED) is 0.921. The van der Waals surface area contributed by atoms with E-state index in [1.54, 1.807) is 5.38 Å². The summed E-state index contributed by atoms with van der Waals surface area (Å²) in [4.78, 5) is 17.4. The largest absolute Gasteiger partial charge is 0.476 e. The molecule has 2 fully saturated rings. The van der Waals surface area contributed by atoms with Crippen molar-refractivity contribution in [2.45, 2.75) is 38.5 Å². The van der Waals surface area contributed by atoms with Crippen LogP contribution in [-0.2, 0) is 6.42 Å². The molecule has 1 saturated carbocycles. The number of carboxylic acids is 1. The van der Waals surface area contributed by atoms with Gasteiger partial charge in [-0.2, -0.15) is 0 Å². The summed E-state index contributed by atoms with van der Waals surface area (Å²) in [5, 5.41) is 11.4. The average molecular weight is 280 g/mol. The second-order valence-electron chi connectivity index (χ2n) is 5.95. The molecule has 1 N–H and O–H groups in total. The zero-order chi connectivity index (χ0) is 13.3. The van der Waals surface area contributed by atoms with Crippen LogP contribution in [0.4, 0.5) is 0 Å². The first-order chi connectivity index (χ1) is 9.17. The van der Waals surface area contributed by atoms with Gasteiger partial charge in [0.15, 0.2) is 5.69 Å². The van der Waals surface area contributed by atoms with Gasteiger partial charge in [-0.05, 0) is 18.3 Å². The molecule has 5 heteroatoms. The van der Waals surface area contributed by atoms with Crippen molar-refractivity contribution in [3.8, 4) is 0 Å². The predicted molar refractivity (Wildman–Crippen MR) is 74.7 cm³/mol. The lowest BCUT2D eigenvalue weighted by Gasteiger charge is -2.52. The molecule has 2 aliphatic rings. The molecule has 3 rings (SSSR count). The van der Waals surface area contributed by atoms with Gasteiger partial charge in [-0.25, -0.2) is 9.78 Å². The standard InChI is InChI=1S/C14H20N2O2S/c17-13(18)11-8-19-12(15-11)4-7-16-9-14(10-16)5-2-1-3-6-14/h8H,1-7,9-10H2,(H,17,18). The fourth-order valence-corrected chi connectivity index (χ4v) is 4.22. The molecule has 1 spiro atoms. The average Bonchev–Trinajstić information content (AvgIpc) is 2.84. The monoisotopic (exact) mass is 280 g/mol. The van der Waals surface area contributed by atoms with Gasteiger partial charge in [0.05, 0.1) is 5.01 Å². The SMILES string of the molecule is O=C(O)c1csc(CCN2CC3(CCCCC3)C2)n1. The zero-order valence-corrected chi connectivity index (χ0v) is 11.9. The number of thiazole rings is 1. The maximum absolute atomic E-state index is 10.8. The molecule has 4 nitrogen and oxygen atoms in total. The van der Waals surface area contributed by atoms with Crippen LogP contribution in [-0.4, -0.2) is 40.6 Å². The summed E-state index contributed by atoms with van der Waals surface area (Å²) in [6.45, 7) is 3.50. The maximum Gasteiger partial charge on any atom is 0.355 e. The maximum atomic E-state index is 10.8. The first-order valence-corrected chi connectivity index (χ1v) is 7.95. The zero-order valence-electron chi connectivity index (χ0n) is 11.1. The van der Waals surface area contributed by atoms with Crippen molar-refractivity contribution >= 4 is 17.3 Å². The molecule has 0 amide bonds. The third-order valence-electron chi connectivity index (χ3n) is 4.45. The van der Waals surface area contributed by atoms with Gasteiger partial charge < -0.3 is 10.0 Å². The van der Waals surface area contributed by atoms with Gasteiger partial charge in [-0.1, -0.05) is 19.3 Å². The number of carboxylic acid groups (broad SMARTS) is 1. The highest BCUT2D eigenvalue weighted by atomic mass is 32.1. The van der Waals surface area contributed by atoms with Gasteiger partial charge in [0.1, 0.15) is 0 Å². The Hall–Kier alpha value is -0.940. The lowest BCUT2D eigenvalue weighted by Crippen LogP contribution is -2.57. The summed E-state index contributed by atoms with van der Waals surface area (Å²) in [5.74, 6) is -0.924. The fraction of sp³-hybridized carbons (Fsp3) is 0.714. The van der Waals surface area contributed by atoms with Crippen LogP contribution < -0.4 is 0 Å². The molecule has 0 aromatic carbocycles. The van der Waals surface area contributed by atoms with Gasteiger partial charge >= 0.3 is 5.97 Å². The summed E-state index contributed by atoms with van der Waals surface area (Å²) in [7, 11) is 0. The van der Waals surface area contributed by atoms with Gasteiger partial charge in [0.25, 0.3) is 0 Å². The Bertz CT molecular complexity index is 458. The number of nitrogens with zero attached hydrogens (tertiary/aromatic N) is 2. The van der Waals surface area contributed by atoms with Crippen LogP contribution in [0.1, 0.15) is 47.6 Å². The number of hydrogen-bond donors (Lipinski definition) is 1. The summed E-state index contributed by atoms with van der Waals surface area (Å²) in [6, 6.07) is 0. The molecule has 1 aromatic heterocycles. The van der Waals surface area contributed by atoms with Crippen LogP contribution in [0, 0.1) is 5.41 Å². The molecular formula is C14H20N2O2S. The second-order valence-corrected chi connectivity index (χ2v) is 6.90.